The summed E-state index contributed by atoms with van der Waals surface area (Å²) in [5, 5.41) is 0.887. The Bertz CT molecular complexity index is 274. The minimum atomic E-state index is 0.107. The predicted octanol–water partition coefficient (Wildman–Crippen LogP) is 1.26. The van der Waals surface area contributed by atoms with Gasteiger partial charge in [-0.2, -0.15) is 0 Å². The maximum absolute atomic E-state index is 11.2. The average molecular weight is 196 g/mol. The van der Waals surface area contributed by atoms with Gasteiger partial charge < -0.3 is 4.90 Å². The molecule has 0 aliphatic carbocycles. The van der Waals surface area contributed by atoms with E-state index in [4.69, 9.17) is 0 Å². The van der Waals surface area contributed by atoms with E-state index in [0.29, 0.717) is 5.75 Å². The van der Waals surface area contributed by atoms with Gasteiger partial charge in [0.05, 0.1) is 10.8 Å². The summed E-state index contributed by atoms with van der Waals surface area (Å²) in [6.07, 6.45) is 1.72. The molecule has 1 rings (SSSR count). The van der Waals surface area contributed by atoms with Gasteiger partial charge in [-0.3, -0.25) is 4.79 Å². The van der Waals surface area contributed by atoms with Crippen molar-refractivity contribution in [2.45, 2.75) is 5.03 Å². The number of rotatable bonds is 3. The van der Waals surface area contributed by atoms with Crippen LogP contribution >= 0.6 is 11.8 Å². The lowest BCUT2D eigenvalue weighted by Crippen LogP contribution is -2.23. The van der Waals surface area contributed by atoms with Gasteiger partial charge in [0.25, 0.3) is 0 Å². The smallest absolute Gasteiger partial charge is 0.232 e. The molecule has 3 nitrogen and oxygen atoms in total. The molecule has 1 heterocycles. The number of pyridine rings is 1. The molecule has 1 aromatic heterocycles. The molecule has 0 aliphatic heterocycles. The van der Waals surface area contributed by atoms with Crippen LogP contribution in [0.2, 0.25) is 0 Å². The lowest BCUT2D eigenvalue weighted by atomic mass is 10.5. The number of carbonyl (C=O) groups excluding carboxylic acids is 1. The monoisotopic (exact) mass is 196 g/mol. The number of thioether (sulfide) groups is 1. The van der Waals surface area contributed by atoms with E-state index in [-0.39, 0.29) is 5.91 Å². The molecule has 1 amide bonds. The Balaban J connectivity index is 2.40. The zero-order valence-corrected chi connectivity index (χ0v) is 8.54. The highest BCUT2D eigenvalue weighted by molar-refractivity contribution is 7.99. The largest absolute Gasteiger partial charge is 0.348 e. The van der Waals surface area contributed by atoms with E-state index < -0.39 is 0 Å². The molecule has 0 bridgehead atoms. The highest BCUT2D eigenvalue weighted by Gasteiger charge is 2.04. The van der Waals surface area contributed by atoms with E-state index in [1.807, 2.05) is 18.2 Å². The number of nitrogens with zero attached hydrogens (tertiary/aromatic N) is 2. The maximum Gasteiger partial charge on any atom is 0.232 e. The number of hydrogen-bond acceptors (Lipinski definition) is 3. The van der Waals surface area contributed by atoms with Gasteiger partial charge in [-0.25, -0.2) is 4.98 Å². The average Bonchev–Trinajstić information content (AvgIpc) is 2.15. The van der Waals surface area contributed by atoms with Crippen LogP contribution in [0.25, 0.3) is 0 Å². The maximum atomic E-state index is 11.2. The molecule has 0 aromatic carbocycles. The Morgan fingerprint density at radius 1 is 1.54 bits per heavy atom. The Labute approximate surface area is 82.2 Å². The topological polar surface area (TPSA) is 33.2 Å². The fourth-order valence-electron chi connectivity index (χ4n) is 0.697. The van der Waals surface area contributed by atoms with Crippen molar-refractivity contribution in [3.63, 3.8) is 0 Å². The minimum absolute atomic E-state index is 0.107. The predicted molar refractivity (Wildman–Crippen MR) is 53.7 cm³/mol. The molecule has 0 unspecified atom stereocenters. The molecule has 0 saturated heterocycles. The molecular formula is C9H12N2OS. The summed E-state index contributed by atoms with van der Waals surface area (Å²) in [5.41, 5.74) is 0. The van der Waals surface area contributed by atoms with Gasteiger partial charge in [-0.1, -0.05) is 17.8 Å². The molecule has 70 valence electrons. The molecule has 13 heavy (non-hydrogen) atoms. The van der Waals surface area contributed by atoms with Crippen LogP contribution in [-0.4, -0.2) is 35.6 Å². The van der Waals surface area contributed by atoms with Crippen LogP contribution in [-0.2, 0) is 4.79 Å². The highest BCUT2D eigenvalue weighted by Crippen LogP contribution is 2.13. The van der Waals surface area contributed by atoms with Crippen molar-refractivity contribution in [2.24, 2.45) is 0 Å². The summed E-state index contributed by atoms with van der Waals surface area (Å²) in [4.78, 5) is 16.9. The first-order valence-electron chi connectivity index (χ1n) is 3.94. The molecule has 0 spiro atoms. The second kappa shape index (κ2) is 4.87. The van der Waals surface area contributed by atoms with Crippen LogP contribution in [0.15, 0.2) is 29.4 Å². The lowest BCUT2D eigenvalue weighted by molar-refractivity contribution is -0.125. The zero-order valence-electron chi connectivity index (χ0n) is 7.73. The molecule has 0 radical (unpaired) electrons. The molecule has 1 aromatic rings. The van der Waals surface area contributed by atoms with Crippen LogP contribution in [0.3, 0.4) is 0 Å². The van der Waals surface area contributed by atoms with Crippen molar-refractivity contribution in [3.05, 3.63) is 24.4 Å². The number of aromatic nitrogens is 1. The van der Waals surface area contributed by atoms with Crippen molar-refractivity contribution in [1.29, 1.82) is 0 Å². The minimum Gasteiger partial charge on any atom is -0.348 e. The molecule has 4 heteroatoms. The number of carbonyl (C=O) groups is 1. The van der Waals surface area contributed by atoms with Crippen molar-refractivity contribution in [3.8, 4) is 0 Å². The Kier molecular flexibility index (Phi) is 3.76. The highest BCUT2D eigenvalue weighted by atomic mass is 32.2. The Morgan fingerprint density at radius 2 is 2.31 bits per heavy atom. The van der Waals surface area contributed by atoms with E-state index in [2.05, 4.69) is 4.98 Å². The summed E-state index contributed by atoms with van der Waals surface area (Å²) in [6.45, 7) is 0. The van der Waals surface area contributed by atoms with Gasteiger partial charge in [0.2, 0.25) is 5.91 Å². The Hall–Kier alpha value is -1.03. The van der Waals surface area contributed by atoms with Crippen LogP contribution in [0.1, 0.15) is 0 Å². The number of amides is 1. The van der Waals surface area contributed by atoms with E-state index in [1.54, 1.807) is 25.2 Å². The fraction of sp³-hybridized carbons (Fsp3) is 0.333. The SMILES string of the molecule is CN(C)C(=O)CSc1ccccn1. The molecule has 0 saturated carbocycles. The zero-order chi connectivity index (χ0) is 9.68. The fourth-order valence-corrected chi connectivity index (χ4v) is 1.54. The molecule has 0 N–H and O–H groups in total. The summed E-state index contributed by atoms with van der Waals surface area (Å²) in [7, 11) is 3.50. The third-order valence-corrected chi connectivity index (χ3v) is 2.41. The summed E-state index contributed by atoms with van der Waals surface area (Å²) >= 11 is 1.45. The first kappa shape index (κ1) is 10.1. The molecule has 0 atom stereocenters. The first-order chi connectivity index (χ1) is 6.20. The van der Waals surface area contributed by atoms with E-state index >= 15 is 0 Å². The van der Waals surface area contributed by atoms with Crippen LogP contribution in [0.5, 0.6) is 0 Å². The lowest BCUT2D eigenvalue weighted by Gasteiger charge is -2.08. The standard InChI is InChI=1S/C9H12N2OS/c1-11(2)9(12)7-13-8-5-3-4-6-10-8/h3-6H,7H2,1-2H3. The van der Waals surface area contributed by atoms with E-state index in [9.17, 15) is 4.79 Å². The first-order valence-corrected chi connectivity index (χ1v) is 4.92. The van der Waals surface area contributed by atoms with E-state index in [0.717, 1.165) is 5.03 Å². The van der Waals surface area contributed by atoms with Crippen LogP contribution < -0.4 is 0 Å². The second-order valence-electron chi connectivity index (χ2n) is 2.74. The molecule has 0 fully saturated rings. The third-order valence-electron chi connectivity index (χ3n) is 1.48. The quantitative estimate of drug-likeness (QED) is 0.682. The van der Waals surface area contributed by atoms with E-state index in [1.165, 1.54) is 11.8 Å². The normalized spacial score (nSPS) is 9.69. The van der Waals surface area contributed by atoms with Gasteiger partial charge in [-0.15, -0.1) is 0 Å². The van der Waals surface area contributed by atoms with Gasteiger partial charge in [0.1, 0.15) is 0 Å². The van der Waals surface area contributed by atoms with Crippen molar-refractivity contribution < 1.29 is 4.79 Å². The van der Waals surface area contributed by atoms with Gasteiger partial charge in [0, 0.05) is 20.3 Å². The van der Waals surface area contributed by atoms with Gasteiger partial charge in [-0.05, 0) is 12.1 Å². The Morgan fingerprint density at radius 3 is 2.85 bits per heavy atom. The van der Waals surface area contributed by atoms with Crippen molar-refractivity contribution in [1.82, 2.24) is 9.88 Å². The van der Waals surface area contributed by atoms with Crippen LogP contribution in [0.4, 0.5) is 0 Å². The van der Waals surface area contributed by atoms with Gasteiger partial charge in [0.15, 0.2) is 0 Å². The molecular weight excluding hydrogens is 184 g/mol. The summed E-state index contributed by atoms with van der Waals surface area (Å²) in [6, 6.07) is 5.67. The van der Waals surface area contributed by atoms with Crippen LogP contribution in [0, 0.1) is 0 Å². The second-order valence-corrected chi connectivity index (χ2v) is 3.74. The third kappa shape index (κ3) is 3.46. The summed E-state index contributed by atoms with van der Waals surface area (Å²) < 4.78 is 0. The van der Waals surface area contributed by atoms with Crippen molar-refractivity contribution >= 4 is 17.7 Å². The summed E-state index contributed by atoms with van der Waals surface area (Å²) in [5.74, 6) is 0.556. The van der Waals surface area contributed by atoms with Gasteiger partial charge >= 0.3 is 0 Å². The van der Waals surface area contributed by atoms with Crippen molar-refractivity contribution in [2.75, 3.05) is 19.8 Å². The molecule has 0 aliphatic rings. The number of hydrogen-bond donors (Lipinski definition) is 0.